The van der Waals surface area contributed by atoms with Crippen molar-refractivity contribution >= 4 is 33.6 Å². The topological polar surface area (TPSA) is 110 Å². The monoisotopic (exact) mass is 411 g/mol. The summed E-state index contributed by atoms with van der Waals surface area (Å²) in [6.07, 6.45) is 0. The molecule has 3 aromatic rings. The molecule has 0 fully saturated rings. The van der Waals surface area contributed by atoms with Crippen molar-refractivity contribution in [3.63, 3.8) is 0 Å². The summed E-state index contributed by atoms with van der Waals surface area (Å²) >= 11 is 0. The van der Waals surface area contributed by atoms with Gasteiger partial charge in [-0.2, -0.15) is 0 Å². The summed E-state index contributed by atoms with van der Waals surface area (Å²) in [6, 6.07) is 14.5. The summed E-state index contributed by atoms with van der Waals surface area (Å²) in [5, 5.41) is 3.95. The van der Waals surface area contributed by atoms with E-state index >= 15 is 0 Å². The van der Waals surface area contributed by atoms with Gasteiger partial charge in [-0.1, -0.05) is 38.1 Å². The maximum atomic E-state index is 12.5. The average Bonchev–Trinajstić information content (AvgIpc) is 2.69. The van der Waals surface area contributed by atoms with Gasteiger partial charge in [0.15, 0.2) is 0 Å². The highest BCUT2D eigenvalue weighted by Gasteiger charge is 2.21. The van der Waals surface area contributed by atoms with Crippen LogP contribution in [0.15, 0.2) is 53.4 Å². The standard InChI is InChI=1S/C21H25N5O2S/c1-13(2)19(20(22)27)26-21-16-9-4-5-10-17(16)24-18(25-21)12-23-29(28)15-8-6-7-14(3)11-15/h4-11,13,19,23H,12H2,1-3H3,(H2,22,27)(H,24,25,26)/t19-,29?/m0/s1. The van der Waals surface area contributed by atoms with Crippen molar-refractivity contribution in [2.24, 2.45) is 11.7 Å². The highest BCUT2D eigenvalue weighted by atomic mass is 32.2. The lowest BCUT2D eigenvalue weighted by Gasteiger charge is -2.21. The molecule has 0 aliphatic rings. The minimum absolute atomic E-state index is 0.00312. The molecule has 8 heteroatoms. The van der Waals surface area contributed by atoms with E-state index in [2.05, 4.69) is 20.0 Å². The van der Waals surface area contributed by atoms with Gasteiger partial charge in [-0.15, -0.1) is 0 Å². The van der Waals surface area contributed by atoms with E-state index in [1.165, 1.54) is 0 Å². The van der Waals surface area contributed by atoms with Crippen LogP contribution < -0.4 is 15.8 Å². The Kier molecular flexibility index (Phi) is 6.56. The van der Waals surface area contributed by atoms with Gasteiger partial charge in [-0.25, -0.2) is 18.9 Å². The number of benzene rings is 2. The number of hydrogen-bond acceptors (Lipinski definition) is 5. The lowest BCUT2D eigenvalue weighted by molar-refractivity contribution is -0.119. The van der Waals surface area contributed by atoms with E-state index < -0.39 is 22.9 Å². The molecule has 3 rings (SSSR count). The van der Waals surface area contributed by atoms with Gasteiger partial charge in [-0.3, -0.25) is 4.79 Å². The number of para-hydroxylation sites is 1. The van der Waals surface area contributed by atoms with Gasteiger partial charge >= 0.3 is 0 Å². The van der Waals surface area contributed by atoms with E-state index in [0.29, 0.717) is 16.5 Å². The minimum Gasteiger partial charge on any atom is -0.368 e. The van der Waals surface area contributed by atoms with E-state index in [9.17, 15) is 9.00 Å². The van der Waals surface area contributed by atoms with Gasteiger partial charge in [0.2, 0.25) is 5.91 Å². The van der Waals surface area contributed by atoms with Crippen LogP contribution >= 0.6 is 0 Å². The van der Waals surface area contributed by atoms with Crippen LogP contribution in [0.2, 0.25) is 0 Å². The zero-order chi connectivity index (χ0) is 21.0. The molecule has 0 radical (unpaired) electrons. The number of aromatic nitrogens is 2. The van der Waals surface area contributed by atoms with Gasteiger partial charge in [0.05, 0.1) is 17.0 Å². The van der Waals surface area contributed by atoms with Gasteiger partial charge in [0.1, 0.15) is 28.7 Å². The van der Waals surface area contributed by atoms with E-state index in [1.54, 1.807) is 0 Å². The maximum Gasteiger partial charge on any atom is 0.240 e. The average molecular weight is 412 g/mol. The van der Waals surface area contributed by atoms with E-state index in [1.807, 2.05) is 69.3 Å². The summed E-state index contributed by atoms with van der Waals surface area (Å²) < 4.78 is 15.5. The predicted octanol–water partition coefficient (Wildman–Crippen LogP) is 2.67. The number of nitrogens with one attached hydrogen (secondary N) is 2. The van der Waals surface area contributed by atoms with Crippen molar-refractivity contribution in [2.45, 2.75) is 38.3 Å². The van der Waals surface area contributed by atoms with Gasteiger partial charge in [-0.05, 0) is 42.7 Å². The molecule has 0 aliphatic heterocycles. The summed E-state index contributed by atoms with van der Waals surface area (Å²) in [7, 11) is -1.38. The van der Waals surface area contributed by atoms with Crippen molar-refractivity contribution in [1.29, 1.82) is 0 Å². The van der Waals surface area contributed by atoms with Crippen LogP contribution in [-0.4, -0.2) is 26.1 Å². The van der Waals surface area contributed by atoms with Crippen LogP contribution in [0.4, 0.5) is 5.82 Å². The number of nitrogens with zero attached hydrogens (tertiary/aromatic N) is 2. The number of carbonyl (C=O) groups excluding carboxylic acids is 1. The van der Waals surface area contributed by atoms with Crippen LogP contribution in [0.25, 0.3) is 10.9 Å². The molecule has 2 aromatic carbocycles. The molecule has 1 unspecified atom stereocenters. The van der Waals surface area contributed by atoms with Crippen LogP contribution in [0.5, 0.6) is 0 Å². The summed E-state index contributed by atoms with van der Waals surface area (Å²) in [5.41, 5.74) is 7.32. The first-order valence-corrected chi connectivity index (χ1v) is 10.5. The van der Waals surface area contributed by atoms with Crippen molar-refractivity contribution in [3.8, 4) is 0 Å². The molecule has 0 bridgehead atoms. The quantitative estimate of drug-likeness (QED) is 0.528. The number of anilines is 1. The molecule has 0 saturated heterocycles. The van der Waals surface area contributed by atoms with E-state index in [4.69, 9.17) is 5.73 Å². The van der Waals surface area contributed by atoms with Crippen LogP contribution in [0.1, 0.15) is 25.2 Å². The largest absolute Gasteiger partial charge is 0.368 e. The molecule has 0 aliphatic carbocycles. The van der Waals surface area contributed by atoms with Crippen molar-refractivity contribution < 1.29 is 9.00 Å². The fourth-order valence-electron chi connectivity index (χ4n) is 2.97. The number of fused-ring (bicyclic) bond motifs is 1. The van der Waals surface area contributed by atoms with E-state index in [0.717, 1.165) is 16.5 Å². The van der Waals surface area contributed by atoms with Gasteiger partial charge < -0.3 is 11.1 Å². The van der Waals surface area contributed by atoms with Crippen LogP contribution in [0.3, 0.4) is 0 Å². The molecular formula is C21H25N5O2S. The Labute approximate surface area is 172 Å². The predicted molar refractivity (Wildman–Crippen MR) is 115 cm³/mol. The van der Waals surface area contributed by atoms with Crippen molar-refractivity contribution in [3.05, 3.63) is 59.9 Å². The first-order valence-electron chi connectivity index (χ1n) is 9.38. The van der Waals surface area contributed by atoms with Crippen molar-refractivity contribution in [1.82, 2.24) is 14.7 Å². The molecule has 1 heterocycles. The number of primary amides is 1. The Hall–Kier alpha value is -2.84. The Morgan fingerprint density at radius 2 is 1.90 bits per heavy atom. The Bertz CT molecular complexity index is 1050. The number of rotatable bonds is 8. The Balaban J connectivity index is 1.87. The second-order valence-electron chi connectivity index (χ2n) is 7.18. The molecule has 4 N–H and O–H groups in total. The fraction of sp³-hybridized carbons (Fsp3) is 0.286. The molecule has 29 heavy (non-hydrogen) atoms. The molecular weight excluding hydrogens is 386 g/mol. The number of hydrogen-bond donors (Lipinski definition) is 3. The highest BCUT2D eigenvalue weighted by molar-refractivity contribution is 7.83. The molecule has 1 amide bonds. The Morgan fingerprint density at radius 3 is 2.59 bits per heavy atom. The fourth-order valence-corrected chi connectivity index (χ4v) is 3.89. The second kappa shape index (κ2) is 9.11. The third kappa shape index (κ3) is 5.16. The van der Waals surface area contributed by atoms with Gasteiger partial charge in [0.25, 0.3) is 0 Å². The van der Waals surface area contributed by atoms with Crippen molar-refractivity contribution in [2.75, 3.05) is 5.32 Å². The van der Waals surface area contributed by atoms with Crippen LogP contribution in [-0.2, 0) is 22.3 Å². The third-order valence-electron chi connectivity index (χ3n) is 4.48. The molecule has 1 aromatic heterocycles. The maximum absolute atomic E-state index is 12.5. The zero-order valence-corrected chi connectivity index (χ0v) is 17.5. The number of nitrogens with two attached hydrogens (primary N) is 1. The van der Waals surface area contributed by atoms with E-state index in [-0.39, 0.29) is 12.5 Å². The highest BCUT2D eigenvalue weighted by Crippen LogP contribution is 2.22. The van der Waals surface area contributed by atoms with Gasteiger partial charge in [0, 0.05) is 5.39 Å². The number of amides is 1. The summed E-state index contributed by atoms with van der Waals surface area (Å²) in [6.45, 7) is 6.00. The lowest BCUT2D eigenvalue weighted by atomic mass is 10.0. The second-order valence-corrected chi connectivity index (χ2v) is 8.48. The zero-order valence-electron chi connectivity index (χ0n) is 16.7. The Morgan fingerprint density at radius 1 is 1.14 bits per heavy atom. The SMILES string of the molecule is Cc1cccc(S(=O)NCc2nc(N[C@H](C(N)=O)C(C)C)c3ccccc3n2)c1. The molecule has 0 spiro atoms. The third-order valence-corrected chi connectivity index (χ3v) is 5.57. The smallest absolute Gasteiger partial charge is 0.240 e. The number of aryl methyl sites for hydroxylation is 1. The normalized spacial score (nSPS) is 13.4. The lowest BCUT2D eigenvalue weighted by Crippen LogP contribution is -2.40. The van der Waals surface area contributed by atoms with Crippen LogP contribution in [0, 0.1) is 12.8 Å². The molecule has 0 saturated carbocycles. The summed E-state index contributed by atoms with van der Waals surface area (Å²) in [4.78, 5) is 21.6. The number of carbonyl (C=O) groups is 1. The minimum atomic E-state index is -1.38. The molecule has 2 atom stereocenters. The first kappa shape index (κ1) is 20.9. The first-order chi connectivity index (χ1) is 13.8. The molecule has 7 nitrogen and oxygen atoms in total. The molecule has 152 valence electrons. The summed E-state index contributed by atoms with van der Waals surface area (Å²) in [5.74, 6) is 0.560.